The van der Waals surface area contributed by atoms with Gasteiger partial charge in [0.15, 0.2) is 0 Å². The van der Waals surface area contributed by atoms with Gasteiger partial charge in [-0.05, 0) is 49.9 Å². The number of nitrogens with zero attached hydrogens (tertiary/aromatic N) is 1. The first-order valence-corrected chi connectivity index (χ1v) is 4.62. The summed E-state index contributed by atoms with van der Waals surface area (Å²) in [5.74, 6) is 0. The lowest BCUT2D eigenvalue weighted by Crippen LogP contribution is -1.83. The van der Waals surface area contributed by atoms with Crippen LogP contribution in [0.3, 0.4) is 0 Å². The number of pyridine rings is 1. The Bertz CT molecular complexity index is 235. The van der Waals surface area contributed by atoms with Crippen molar-refractivity contribution < 1.29 is 0 Å². The number of hydrogen-bond donors (Lipinski definition) is 0. The number of aryl methyl sites for hydroxylation is 1. The van der Waals surface area contributed by atoms with Crippen molar-refractivity contribution in [3.8, 4) is 0 Å². The Kier molecular flexibility index (Phi) is 2.86. The van der Waals surface area contributed by atoms with Crippen LogP contribution in [0, 0.1) is 0 Å². The highest BCUT2D eigenvalue weighted by molar-refractivity contribution is 9.13. The third-order valence-corrected chi connectivity index (χ3v) is 3.03. The van der Waals surface area contributed by atoms with Gasteiger partial charge in [0.25, 0.3) is 0 Å². The average molecular weight is 265 g/mol. The Morgan fingerprint density at radius 1 is 1.50 bits per heavy atom. The fraction of sp³-hybridized carbons (Fsp3) is 0.286. The first-order chi connectivity index (χ1) is 4.74. The lowest BCUT2D eigenvalue weighted by atomic mass is 10.2. The molecule has 1 aromatic rings. The van der Waals surface area contributed by atoms with Gasteiger partial charge in [-0.25, -0.2) is 4.98 Å². The molecular formula is C7H7Br2N. The maximum Gasteiger partial charge on any atom is 0.120 e. The van der Waals surface area contributed by atoms with E-state index in [9.17, 15) is 0 Å². The molecule has 0 aromatic carbocycles. The fourth-order valence-electron chi connectivity index (χ4n) is 0.654. The second kappa shape index (κ2) is 3.49. The van der Waals surface area contributed by atoms with E-state index in [0.29, 0.717) is 0 Å². The molecule has 0 amide bonds. The fourth-order valence-corrected chi connectivity index (χ4v) is 1.27. The summed E-state index contributed by atoms with van der Waals surface area (Å²) in [5, 5.41) is 0. The monoisotopic (exact) mass is 263 g/mol. The maximum absolute atomic E-state index is 4.12. The summed E-state index contributed by atoms with van der Waals surface area (Å²) in [7, 11) is 0. The van der Waals surface area contributed by atoms with E-state index in [2.05, 4.69) is 49.8 Å². The molecule has 1 rings (SSSR count). The van der Waals surface area contributed by atoms with Crippen LogP contribution in [0.1, 0.15) is 12.5 Å². The Morgan fingerprint density at radius 3 is 2.70 bits per heavy atom. The molecule has 0 unspecified atom stereocenters. The van der Waals surface area contributed by atoms with Crippen LogP contribution < -0.4 is 0 Å². The third kappa shape index (κ3) is 1.80. The summed E-state index contributed by atoms with van der Waals surface area (Å²) in [4.78, 5) is 4.12. The minimum atomic E-state index is 0.865. The predicted octanol–water partition coefficient (Wildman–Crippen LogP) is 3.17. The molecule has 0 atom stereocenters. The largest absolute Gasteiger partial charge is 0.248 e. The summed E-state index contributed by atoms with van der Waals surface area (Å²) in [6.45, 7) is 2.11. The molecule has 1 nitrogen and oxygen atoms in total. The highest BCUT2D eigenvalue weighted by Crippen LogP contribution is 2.20. The lowest BCUT2D eigenvalue weighted by Gasteiger charge is -1.97. The molecule has 0 N–H and O–H groups in total. The van der Waals surface area contributed by atoms with Crippen molar-refractivity contribution in [3.63, 3.8) is 0 Å². The molecule has 1 aromatic heterocycles. The average Bonchev–Trinajstić information content (AvgIpc) is 1.95. The van der Waals surface area contributed by atoms with Crippen molar-refractivity contribution in [1.29, 1.82) is 0 Å². The molecule has 0 bridgehead atoms. The Balaban J connectivity index is 3.04. The van der Waals surface area contributed by atoms with Crippen LogP contribution in [0.5, 0.6) is 0 Å². The Hall–Kier alpha value is 0.110. The van der Waals surface area contributed by atoms with Crippen molar-refractivity contribution >= 4 is 31.9 Å². The van der Waals surface area contributed by atoms with Crippen LogP contribution >= 0.6 is 31.9 Å². The highest BCUT2D eigenvalue weighted by Gasteiger charge is 1.96. The van der Waals surface area contributed by atoms with Crippen molar-refractivity contribution in [2.45, 2.75) is 13.3 Å². The first-order valence-electron chi connectivity index (χ1n) is 3.04. The van der Waals surface area contributed by atoms with Crippen molar-refractivity contribution in [2.24, 2.45) is 0 Å². The molecule has 0 fully saturated rings. The normalized spacial score (nSPS) is 9.90. The van der Waals surface area contributed by atoms with Crippen molar-refractivity contribution in [3.05, 3.63) is 26.9 Å². The summed E-state index contributed by atoms with van der Waals surface area (Å²) < 4.78 is 1.89. The maximum atomic E-state index is 4.12. The smallest absolute Gasteiger partial charge is 0.120 e. The van der Waals surface area contributed by atoms with Gasteiger partial charge in [0, 0.05) is 6.20 Å². The number of aromatic nitrogens is 1. The minimum Gasteiger partial charge on any atom is -0.248 e. The van der Waals surface area contributed by atoms with Crippen LogP contribution in [-0.4, -0.2) is 4.98 Å². The summed E-state index contributed by atoms with van der Waals surface area (Å²) in [5.41, 5.74) is 1.25. The topological polar surface area (TPSA) is 12.9 Å². The van der Waals surface area contributed by atoms with Crippen LogP contribution in [0.25, 0.3) is 0 Å². The zero-order valence-electron chi connectivity index (χ0n) is 5.56. The van der Waals surface area contributed by atoms with Crippen LogP contribution in [0.2, 0.25) is 0 Å². The van der Waals surface area contributed by atoms with Gasteiger partial charge in [0.1, 0.15) is 4.60 Å². The van der Waals surface area contributed by atoms with Gasteiger partial charge in [-0.15, -0.1) is 0 Å². The third-order valence-electron chi connectivity index (χ3n) is 1.26. The Morgan fingerprint density at radius 2 is 2.20 bits per heavy atom. The SMILES string of the molecule is CCc1cnc(Br)c(Br)c1. The molecular weight excluding hydrogens is 258 g/mol. The van der Waals surface area contributed by atoms with E-state index in [4.69, 9.17) is 0 Å². The molecule has 0 aliphatic rings. The molecule has 54 valence electrons. The van der Waals surface area contributed by atoms with Crippen LogP contribution in [0.4, 0.5) is 0 Å². The standard InChI is InChI=1S/C7H7Br2N/c1-2-5-3-6(8)7(9)10-4-5/h3-4H,2H2,1H3. The Labute approximate surface area is 77.1 Å². The number of halogens is 2. The second-order valence-electron chi connectivity index (χ2n) is 1.97. The predicted molar refractivity (Wildman–Crippen MR) is 49.0 cm³/mol. The molecule has 10 heavy (non-hydrogen) atoms. The summed E-state index contributed by atoms with van der Waals surface area (Å²) in [6, 6.07) is 2.07. The minimum absolute atomic E-state index is 0.865. The van der Waals surface area contributed by atoms with Gasteiger partial charge in [-0.3, -0.25) is 0 Å². The molecule has 0 aliphatic carbocycles. The molecule has 0 saturated heterocycles. The van der Waals surface area contributed by atoms with Crippen molar-refractivity contribution in [2.75, 3.05) is 0 Å². The molecule has 0 spiro atoms. The van der Waals surface area contributed by atoms with E-state index in [1.165, 1.54) is 5.56 Å². The van der Waals surface area contributed by atoms with Crippen LogP contribution in [0.15, 0.2) is 21.3 Å². The van der Waals surface area contributed by atoms with Crippen molar-refractivity contribution in [1.82, 2.24) is 4.98 Å². The van der Waals surface area contributed by atoms with Gasteiger partial charge < -0.3 is 0 Å². The van der Waals surface area contributed by atoms with E-state index in [1.54, 1.807) is 0 Å². The van der Waals surface area contributed by atoms with Gasteiger partial charge in [0.2, 0.25) is 0 Å². The molecule has 0 saturated carbocycles. The zero-order chi connectivity index (χ0) is 7.56. The van der Waals surface area contributed by atoms with E-state index in [1.807, 2.05) is 6.20 Å². The van der Waals surface area contributed by atoms with Gasteiger partial charge in [0.05, 0.1) is 4.47 Å². The van der Waals surface area contributed by atoms with Crippen LogP contribution in [-0.2, 0) is 6.42 Å². The lowest BCUT2D eigenvalue weighted by molar-refractivity contribution is 1.09. The van der Waals surface area contributed by atoms with Gasteiger partial charge in [-0.2, -0.15) is 0 Å². The van der Waals surface area contributed by atoms with Gasteiger partial charge >= 0.3 is 0 Å². The number of hydrogen-bond acceptors (Lipinski definition) is 1. The zero-order valence-corrected chi connectivity index (χ0v) is 8.74. The van der Waals surface area contributed by atoms with E-state index in [-0.39, 0.29) is 0 Å². The molecule has 0 aliphatic heterocycles. The molecule has 3 heteroatoms. The van der Waals surface area contributed by atoms with E-state index >= 15 is 0 Å². The highest BCUT2D eigenvalue weighted by atomic mass is 79.9. The molecule has 0 radical (unpaired) electrons. The molecule has 1 heterocycles. The van der Waals surface area contributed by atoms with Gasteiger partial charge in [-0.1, -0.05) is 6.92 Å². The van der Waals surface area contributed by atoms with E-state index < -0.39 is 0 Å². The summed E-state index contributed by atoms with van der Waals surface area (Å²) >= 11 is 6.68. The quantitative estimate of drug-likeness (QED) is 0.710. The first kappa shape index (κ1) is 8.21. The second-order valence-corrected chi connectivity index (χ2v) is 3.58. The van der Waals surface area contributed by atoms with E-state index in [0.717, 1.165) is 15.5 Å². The number of rotatable bonds is 1. The summed E-state index contributed by atoms with van der Waals surface area (Å²) in [6.07, 6.45) is 2.90.